The van der Waals surface area contributed by atoms with Crippen LogP contribution in [0.1, 0.15) is 0 Å². The van der Waals surface area contributed by atoms with Crippen molar-refractivity contribution in [2.45, 2.75) is 6.10 Å². The van der Waals surface area contributed by atoms with E-state index < -0.39 is 10.5 Å². The molecule has 0 saturated carbocycles. The number of halogens is 1. The number of benzene rings is 1. The molecule has 1 fully saturated rings. The Morgan fingerprint density at radius 2 is 2.44 bits per heavy atom. The number of quaternary nitrogens is 1. The highest BCUT2D eigenvalue weighted by Crippen LogP contribution is 2.31. The Labute approximate surface area is 149 Å². The lowest BCUT2D eigenvalue weighted by Gasteiger charge is -2.36. The standard InChI is InChI=1S/C15H19FN4O4S/c1-22-15(25)17-7-12-8-20(21,10-23-12)11-2-3-14(13(16)6-11)19-4-5-24-18-9-19/h2-3,6,9,12H,4-5,7-8,10H2,1H3,(H,17,25). The molecule has 2 aliphatic heterocycles. The van der Waals surface area contributed by atoms with Crippen molar-refractivity contribution >= 4 is 35.1 Å². The number of hydrogen-bond donors (Lipinski definition) is 1. The number of anilines is 1. The minimum Gasteiger partial charge on any atom is -0.626 e. The van der Waals surface area contributed by atoms with Crippen LogP contribution in [-0.2, 0) is 14.3 Å². The maximum Gasteiger partial charge on any atom is 0.256 e. The molecule has 2 heterocycles. The molecule has 3 rings (SSSR count). The molecule has 2 aliphatic rings. The second kappa shape index (κ2) is 7.48. The highest BCUT2D eigenvalue weighted by Gasteiger charge is 2.35. The Kier molecular flexibility index (Phi) is 5.33. The molecule has 0 radical (unpaired) electrons. The second-order valence-corrected chi connectivity index (χ2v) is 6.12. The first-order chi connectivity index (χ1) is 12.0. The van der Waals surface area contributed by atoms with Gasteiger partial charge in [-0.3, -0.25) is 0 Å². The SMILES string of the molecule is COC(=S)NCC1C[N+]([O-])(c2ccc(N3C=NOCC3)c(F)c2)CO1. The molecular weight excluding hydrogens is 351 g/mol. The Balaban J connectivity index is 1.69. The molecule has 1 aromatic rings. The molecule has 1 saturated heterocycles. The van der Waals surface area contributed by atoms with Crippen LogP contribution in [0.5, 0.6) is 0 Å². The number of nitrogens with one attached hydrogen (secondary N) is 1. The van der Waals surface area contributed by atoms with Gasteiger partial charge in [0, 0.05) is 12.1 Å². The average molecular weight is 370 g/mol. The van der Waals surface area contributed by atoms with Crippen molar-refractivity contribution in [3.05, 3.63) is 29.2 Å². The molecule has 0 spiro atoms. The summed E-state index contributed by atoms with van der Waals surface area (Å²) >= 11 is 4.89. The van der Waals surface area contributed by atoms with Gasteiger partial charge in [-0.2, -0.15) is 0 Å². The monoisotopic (exact) mass is 370 g/mol. The predicted molar refractivity (Wildman–Crippen MR) is 95.6 cm³/mol. The van der Waals surface area contributed by atoms with Crippen LogP contribution in [0, 0.1) is 11.0 Å². The maximum atomic E-state index is 14.5. The Hall–Kier alpha value is -2.01. The minimum absolute atomic E-state index is 0.0795. The number of hydrogen-bond acceptors (Lipinski definition) is 7. The van der Waals surface area contributed by atoms with Crippen LogP contribution in [0.2, 0.25) is 0 Å². The molecule has 1 N–H and O–H groups in total. The molecule has 0 bridgehead atoms. The smallest absolute Gasteiger partial charge is 0.256 e. The van der Waals surface area contributed by atoms with E-state index in [-0.39, 0.29) is 24.6 Å². The maximum absolute atomic E-state index is 14.5. The quantitative estimate of drug-likeness (QED) is 0.486. The van der Waals surface area contributed by atoms with Crippen molar-refractivity contribution in [3.63, 3.8) is 0 Å². The van der Waals surface area contributed by atoms with Crippen LogP contribution in [0.15, 0.2) is 23.4 Å². The molecule has 1 aromatic carbocycles. The van der Waals surface area contributed by atoms with Crippen molar-refractivity contribution in [1.29, 1.82) is 0 Å². The number of oxime groups is 1. The molecule has 10 heteroatoms. The first-order valence-electron chi connectivity index (χ1n) is 7.75. The molecule has 25 heavy (non-hydrogen) atoms. The lowest BCUT2D eigenvalue weighted by molar-refractivity contribution is 0.101. The van der Waals surface area contributed by atoms with Crippen molar-refractivity contribution in [2.24, 2.45) is 5.16 Å². The fourth-order valence-electron chi connectivity index (χ4n) is 2.74. The third-order valence-corrected chi connectivity index (χ3v) is 4.38. The summed E-state index contributed by atoms with van der Waals surface area (Å²) in [6, 6.07) is 4.45. The van der Waals surface area contributed by atoms with Gasteiger partial charge in [-0.05, 0) is 18.3 Å². The van der Waals surface area contributed by atoms with Crippen molar-refractivity contribution in [2.75, 3.05) is 45.0 Å². The van der Waals surface area contributed by atoms with Crippen molar-refractivity contribution < 1.29 is 18.7 Å². The van der Waals surface area contributed by atoms with E-state index in [9.17, 15) is 9.60 Å². The third kappa shape index (κ3) is 3.98. The fraction of sp³-hybridized carbons (Fsp3) is 0.467. The van der Waals surface area contributed by atoms with Gasteiger partial charge in [-0.25, -0.2) is 4.39 Å². The van der Waals surface area contributed by atoms with Gasteiger partial charge in [0.25, 0.3) is 5.17 Å². The van der Waals surface area contributed by atoms with Crippen molar-refractivity contribution in [3.8, 4) is 0 Å². The van der Waals surface area contributed by atoms with Crippen LogP contribution >= 0.6 is 12.2 Å². The van der Waals surface area contributed by atoms with E-state index in [4.69, 9.17) is 26.5 Å². The largest absolute Gasteiger partial charge is 0.626 e. The first kappa shape index (κ1) is 17.8. The Morgan fingerprint density at radius 3 is 3.12 bits per heavy atom. The zero-order valence-corrected chi connectivity index (χ0v) is 14.5. The zero-order chi connectivity index (χ0) is 17.9. The van der Waals surface area contributed by atoms with Gasteiger partial charge in [-0.1, -0.05) is 5.16 Å². The van der Waals surface area contributed by atoms with E-state index in [0.29, 0.717) is 31.1 Å². The van der Waals surface area contributed by atoms with E-state index in [1.807, 2.05) is 0 Å². The zero-order valence-electron chi connectivity index (χ0n) is 13.7. The third-order valence-electron chi connectivity index (χ3n) is 4.07. The van der Waals surface area contributed by atoms with Gasteiger partial charge < -0.3 is 34.4 Å². The summed E-state index contributed by atoms with van der Waals surface area (Å²) < 4.78 is 24.1. The fourth-order valence-corrected chi connectivity index (χ4v) is 2.82. The molecular formula is C15H19FN4O4S. The molecule has 2 atom stereocenters. The number of rotatable bonds is 4. The van der Waals surface area contributed by atoms with E-state index in [2.05, 4.69) is 10.5 Å². The van der Waals surface area contributed by atoms with Crippen LogP contribution in [0.3, 0.4) is 0 Å². The Bertz CT molecular complexity index is 677. The summed E-state index contributed by atoms with van der Waals surface area (Å²) in [5, 5.41) is 19.7. The number of ether oxygens (including phenoxy) is 2. The minimum atomic E-state index is -0.750. The molecule has 0 aliphatic carbocycles. The van der Waals surface area contributed by atoms with Gasteiger partial charge in [-0.15, -0.1) is 0 Å². The number of nitrogens with zero attached hydrogens (tertiary/aromatic N) is 3. The lowest BCUT2D eigenvalue weighted by Crippen LogP contribution is -2.43. The molecule has 0 amide bonds. The first-order valence-corrected chi connectivity index (χ1v) is 8.16. The molecule has 2 unspecified atom stereocenters. The lowest BCUT2D eigenvalue weighted by atomic mass is 10.2. The average Bonchev–Trinajstić information content (AvgIpc) is 3.03. The highest BCUT2D eigenvalue weighted by molar-refractivity contribution is 7.80. The number of methoxy groups -OCH3 is 1. The van der Waals surface area contributed by atoms with Crippen LogP contribution in [0.25, 0.3) is 0 Å². The normalized spacial score (nSPS) is 25.6. The second-order valence-electron chi connectivity index (χ2n) is 5.75. The van der Waals surface area contributed by atoms with E-state index in [0.717, 1.165) is 0 Å². The summed E-state index contributed by atoms with van der Waals surface area (Å²) in [6.07, 6.45) is 1.09. The topological polar surface area (TPSA) is 78.4 Å². The summed E-state index contributed by atoms with van der Waals surface area (Å²) in [6.45, 7) is 1.32. The highest BCUT2D eigenvalue weighted by atomic mass is 32.1. The van der Waals surface area contributed by atoms with Gasteiger partial charge in [0.1, 0.15) is 31.3 Å². The predicted octanol–water partition coefficient (Wildman–Crippen LogP) is 1.29. The van der Waals surface area contributed by atoms with E-state index in [1.165, 1.54) is 19.5 Å². The number of thiocarbonyl (C=S) groups is 1. The molecule has 136 valence electrons. The summed E-state index contributed by atoms with van der Waals surface area (Å²) in [5.74, 6) is -0.485. The van der Waals surface area contributed by atoms with Gasteiger partial charge >= 0.3 is 0 Å². The van der Waals surface area contributed by atoms with Gasteiger partial charge in [0.05, 0.1) is 25.9 Å². The Morgan fingerprint density at radius 1 is 1.60 bits per heavy atom. The van der Waals surface area contributed by atoms with E-state index >= 15 is 0 Å². The summed E-state index contributed by atoms with van der Waals surface area (Å²) in [4.78, 5) is 6.49. The molecule has 8 nitrogen and oxygen atoms in total. The van der Waals surface area contributed by atoms with Crippen LogP contribution in [0.4, 0.5) is 15.8 Å². The van der Waals surface area contributed by atoms with Crippen LogP contribution < -0.4 is 14.9 Å². The summed E-state index contributed by atoms with van der Waals surface area (Å²) in [7, 11) is 1.46. The molecule has 0 aromatic heterocycles. The summed E-state index contributed by atoms with van der Waals surface area (Å²) in [5.41, 5.74) is 0.662. The van der Waals surface area contributed by atoms with Crippen LogP contribution in [-0.4, -0.2) is 57.7 Å². The number of hydroxylamine groups is 2. The van der Waals surface area contributed by atoms with E-state index in [1.54, 1.807) is 17.0 Å². The van der Waals surface area contributed by atoms with Gasteiger partial charge in [0.2, 0.25) is 0 Å². The van der Waals surface area contributed by atoms with Crippen molar-refractivity contribution in [1.82, 2.24) is 9.96 Å². The van der Waals surface area contributed by atoms with Gasteiger partial charge in [0.15, 0.2) is 12.5 Å².